The summed E-state index contributed by atoms with van der Waals surface area (Å²) in [6.45, 7) is 1.97. The van der Waals surface area contributed by atoms with Crippen LogP contribution in [-0.2, 0) is 6.42 Å². The molecule has 1 aliphatic rings. The summed E-state index contributed by atoms with van der Waals surface area (Å²) in [6.07, 6.45) is 6.08. The molecule has 99 valence electrons. The second kappa shape index (κ2) is 5.08. The molecule has 0 atom stereocenters. The molecule has 0 unspecified atom stereocenters. The number of aromatic nitrogens is 1. The third-order valence-electron chi connectivity index (χ3n) is 3.86. The van der Waals surface area contributed by atoms with Crippen molar-refractivity contribution >= 4 is 0 Å². The molecule has 0 spiro atoms. The fourth-order valence-corrected chi connectivity index (χ4v) is 2.75. The van der Waals surface area contributed by atoms with Gasteiger partial charge in [0, 0.05) is 11.1 Å². The van der Waals surface area contributed by atoms with Crippen molar-refractivity contribution in [2.24, 2.45) is 0 Å². The molecule has 3 nitrogen and oxygen atoms in total. The molecule has 1 heterocycles. The fraction of sp³-hybridized carbons (Fsp3) is 0.375. The number of benzene rings is 1. The molecule has 3 heteroatoms. The van der Waals surface area contributed by atoms with Crippen molar-refractivity contribution < 1.29 is 9.63 Å². The van der Waals surface area contributed by atoms with Crippen LogP contribution in [0.1, 0.15) is 37.0 Å². The summed E-state index contributed by atoms with van der Waals surface area (Å²) >= 11 is 0. The lowest BCUT2D eigenvalue weighted by atomic mass is 9.94. The highest BCUT2D eigenvalue weighted by molar-refractivity contribution is 5.64. The van der Waals surface area contributed by atoms with Gasteiger partial charge in [0.2, 0.25) is 0 Å². The summed E-state index contributed by atoms with van der Waals surface area (Å²) in [5.41, 5.74) is 3.11. The Morgan fingerprint density at radius 1 is 1.16 bits per heavy atom. The van der Waals surface area contributed by atoms with E-state index in [1.165, 1.54) is 31.2 Å². The highest BCUT2D eigenvalue weighted by Crippen LogP contribution is 2.34. The van der Waals surface area contributed by atoms with E-state index in [1.54, 1.807) is 18.1 Å². The zero-order valence-electron chi connectivity index (χ0n) is 11.1. The van der Waals surface area contributed by atoms with Crippen molar-refractivity contribution in [2.75, 3.05) is 0 Å². The number of hydrogen-bond donors (Lipinski definition) is 1. The van der Waals surface area contributed by atoms with Crippen LogP contribution in [-0.4, -0.2) is 10.3 Å². The van der Waals surface area contributed by atoms with Crippen LogP contribution >= 0.6 is 0 Å². The van der Waals surface area contributed by atoms with Gasteiger partial charge in [0.25, 0.3) is 0 Å². The van der Waals surface area contributed by atoms with E-state index in [1.807, 2.05) is 19.1 Å². The third kappa shape index (κ3) is 2.50. The van der Waals surface area contributed by atoms with Crippen molar-refractivity contribution in [1.82, 2.24) is 5.16 Å². The van der Waals surface area contributed by atoms with Gasteiger partial charge in [-0.25, -0.2) is 0 Å². The normalized spacial score (nSPS) is 16.1. The first-order valence-electron chi connectivity index (χ1n) is 6.82. The molecule has 1 N–H and O–H groups in total. The molecule has 0 saturated heterocycles. The first-order valence-corrected chi connectivity index (χ1v) is 6.82. The predicted octanol–water partition coefficient (Wildman–Crippen LogP) is 4.05. The average molecular weight is 256 g/mol. The van der Waals surface area contributed by atoms with Crippen LogP contribution in [0.15, 0.2) is 28.8 Å². The Labute approximate surface area is 113 Å². The Balaban J connectivity index is 1.91. The number of hydrogen-bond acceptors (Lipinski definition) is 3. The van der Waals surface area contributed by atoms with E-state index >= 15 is 0 Å². The van der Waals surface area contributed by atoms with Crippen LogP contribution in [0.5, 0.6) is 5.75 Å². The lowest BCUT2D eigenvalue weighted by Gasteiger charge is -2.08. The van der Waals surface area contributed by atoms with E-state index in [4.69, 9.17) is 4.52 Å². The lowest BCUT2D eigenvalue weighted by Crippen LogP contribution is -1.98. The highest BCUT2D eigenvalue weighted by Gasteiger charge is 2.22. The van der Waals surface area contributed by atoms with Crippen LogP contribution in [0.2, 0.25) is 0 Å². The second-order valence-electron chi connectivity index (χ2n) is 5.25. The first kappa shape index (κ1) is 12.3. The van der Waals surface area contributed by atoms with Crippen molar-refractivity contribution in [1.29, 1.82) is 0 Å². The maximum Gasteiger partial charge on any atom is 0.137 e. The molecule has 3 rings (SSSR count). The topological polar surface area (TPSA) is 46.3 Å². The Kier molecular flexibility index (Phi) is 3.28. The minimum absolute atomic E-state index is 0.274. The van der Waals surface area contributed by atoms with E-state index in [0.29, 0.717) is 0 Å². The summed E-state index contributed by atoms with van der Waals surface area (Å²) in [6, 6.07) is 7.14. The van der Waals surface area contributed by atoms with E-state index in [9.17, 15) is 5.11 Å². The molecular weight excluding hydrogens is 238 g/mol. The summed E-state index contributed by atoms with van der Waals surface area (Å²) in [5.74, 6) is 2.78. The number of aryl methyl sites for hydroxylation is 1. The van der Waals surface area contributed by atoms with Gasteiger partial charge in [-0.05, 0) is 56.4 Å². The first-order chi connectivity index (χ1) is 9.24. The Morgan fingerprint density at radius 2 is 1.84 bits per heavy atom. The van der Waals surface area contributed by atoms with Gasteiger partial charge in [0.1, 0.15) is 17.2 Å². The van der Waals surface area contributed by atoms with Gasteiger partial charge in [-0.15, -0.1) is 0 Å². The maximum absolute atomic E-state index is 9.36. The molecule has 19 heavy (non-hydrogen) atoms. The van der Waals surface area contributed by atoms with Crippen molar-refractivity contribution in [2.45, 2.75) is 39.0 Å². The standard InChI is InChI=1S/C16H18NO2/c1-11-15(10-12-4-2-3-5-12)16(17-19-11)13-6-8-14(18)9-7-13/h6-9,18H,2-5,10H2,1H3. The van der Waals surface area contributed by atoms with Crippen molar-refractivity contribution in [3.8, 4) is 17.0 Å². The van der Waals surface area contributed by atoms with Gasteiger partial charge in [-0.2, -0.15) is 0 Å². The zero-order valence-corrected chi connectivity index (χ0v) is 11.1. The van der Waals surface area contributed by atoms with E-state index < -0.39 is 0 Å². The third-order valence-corrected chi connectivity index (χ3v) is 3.86. The molecule has 1 aromatic carbocycles. The number of rotatable bonds is 3. The maximum atomic E-state index is 9.36. The Bertz CT molecular complexity index is 551. The summed E-state index contributed by atoms with van der Waals surface area (Å²) < 4.78 is 5.36. The number of phenols is 1. The van der Waals surface area contributed by atoms with Gasteiger partial charge in [-0.3, -0.25) is 0 Å². The van der Waals surface area contributed by atoms with Crippen LogP contribution in [0.3, 0.4) is 0 Å². The monoisotopic (exact) mass is 256 g/mol. The van der Waals surface area contributed by atoms with Gasteiger partial charge in [0.05, 0.1) is 0 Å². The summed E-state index contributed by atoms with van der Waals surface area (Å²) in [7, 11) is 0. The van der Waals surface area contributed by atoms with Crippen molar-refractivity contribution in [3.63, 3.8) is 0 Å². The second-order valence-corrected chi connectivity index (χ2v) is 5.25. The number of aromatic hydroxyl groups is 1. The minimum atomic E-state index is 0.274. The van der Waals surface area contributed by atoms with Crippen LogP contribution in [0.25, 0.3) is 11.3 Å². The summed E-state index contributed by atoms with van der Waals surface area (Å²) in [5, 5.41) is 13.5. The largest absolute Gasteiger partial charge is 0.508 e. The number of nitrogens with zero attached hydrogens (tertiary/aromatic N) is 1. The van der Waals surface area contributed by atoms with Crippen LogP contribution < -0.4 is 0 Å². The molecular formula is C16H18NO2. The van der Waals surface area contributed by atoms with Gasteiger partial charge >= 0.3 is 0 Å². The van der Waals surface area contributed by atoms with E-state index in [-0.39, 0.29) is 5.75 Å². The predicted molar refractivity (Wildman–Crippen MR) is 73.8 cm³/mol. The fourth-order valence-electron chi connectivity index (χ4n) is 2.75. The Hall–Kier alpha value is -1.77. The molecule has 1 fully saturated rings. The molecule has 0 bridgehead atoms. The minimum Gasteiger partial charge on any atom is -0.508 e. The average Bonchev–Trinajstić information content (AvgIpc) is 3.03. The highest BCUT2D eigenvalue weighted by atomic mass is 16.5. The van der Waals surface area contributed by atoms with Gasteiger partial charge in [-0.1, -0.05) is 18.0 Å². The quantitative estimate of drug-likeness (QED) is 0.901. The van der Waals surface area contributed by atoms with E-state index in [0.717, 1.165) is 23.4 Å². The van der Waals surface area contributed by atoms with Crippen molar-refractivity contribution in [3.05, 3.63) is 41.5 Å². The molecule has 0 amide bonds. The Morgan fingerprint density at radius 3 is 2.53 bits per heavy atom. The zero-order chi connectivity index (χ0) is 13.2. The smallest absolute Gasteiger partial charge is 0.137 e. The van der Waals surface area contributed by atoms with Crippen LogP contribution in [0.4, 0.5) is 0 Å². The van der Waals surface area contributed by atoms with E-state index in [2.05, 4.69) is 5.16 Å². The molecule has 1 aromatic heterocycles. The number of phenolic OH excluding ortho intramolecular Hbond substituents is 1. The van der Waals surface area contributed by atoms with Gasteiger partial charge < -0.3 is 9.63 Å². The SMILES string of the molecule is Cc1onc(-c2ccc(O)cc2)c1C[C]1CCCC1. The molecule has 0 aliphatic heterocycles. The molecule has 1 saturated carbocycles. The molecule has 1 radical (unpaired) electrons. The van der Waals surface area contributed by atoms with Gasteiger partial charge in [0.15, 0.2) is 0 Å². The molecule has 2 aromatic rings. The lowest BCUT2D eigenvalue weighted by molar-refractivity contribution is 0.398. The summed E-state index contributed by atoms with van der Waals surface area (Å²) in [4.78, 5) is 0. The molecule has 1 aliphatic carbocycles. The van der Waals surface area contributed by atoms with Crippen LogP contribution in [0, 0.1) is 12.8 Å².